The number of fused-ring (bicyclic) bond motifs is 1. The summed E-state index contributed by atoms with van der Waals surface area (Å²) in [6.45, 7) is 9.38. The molecular formula is C18H26IN5O2S. The minimum atomic E-state index is -0.437. The van der Waals surface area contributed by atoms with Gasteiger partial charge in [-0.3, -0.25) is 0 Å². The van der Waals surface area contributed by atoms with Crippen LogP contribution in [0.3, 0.4) is 0 Å². The van der Waals surface area contributed by atoms with Gasteiger partial charge in [-0.05, 0) is 74.5 Å². The molecular weight excluding hydrogens is 477 g/mol. The van der Waals surface area contributed by atoms with E-state index >= 15 is 0 Å². The van der Waals surface area contributed by atoms with E-state index in [1.165, 1.54) is 12.8 Å². The number of imidazole rings is 1. The van der Waals surface area contributed by atoms with Crippen molar-refractivity contribution in [3.05, 3.63) is 9.90 Å². The van der Waals surface area contributed by atoms with Gasteiger partial charge in [0, 0.05) is 26.2 Å². The smallest absolute Gasteiger partial charge is 0.410 e. The zero-order chi connectivity index (χ0) is 19.2. The Morgan fingerprint density at radius 3 is 2.67 bits per heavy atom. The maximum atomic E-state index is 12.3. The van der Waals surface area contributed by atoms with Gasteiger partial charge < -0.3 is 14.5 Å². The van der Waals surface area contributed by atoms with Crippen molar-refractivity contribution in [2.75, 3.05) is 31.1 Å². The van der Waals surface area contributed by atoms with Crippen LogP contribution in [-0.2, 0) is 4.74 Å². The molecule has 1 spiro atoms. The second-order valence-electron chi connectivity index (χ2n) is 8.65. The molecule has 0 aliphatic carbocycles. The van der Waals surface area contributed by atoms with E-state index in [1.54, 1.807) is 11.3 Å². The average Bonchev–Trinajstić information content (AvgIpc) is 3.16. The van der Waals surface area contributed by atoms with Gasteiger partial charge in [0.15, 0.2) is 0 Å². The molecule has 0 atom stereocenters. The quantitative estimate of drug-likeness (QED) is 0.551. The SMILES string of the molecule is CC(C)(C)OC(=O)N1CCC2(CCCN(c3nn4c(I)cnc4s3)C2)CC1. The van der Waals surface area contributed by atoms with Crippen molar-refractivity contribution in [3.8, 4) is 0 Å². The third kappa shape index (κ3) is 4.03. The summed E-state index contributed by atoms with van der Waals surface area (Å²) in [5.41, 5.74) is -0.161. The van der Waals surface area contributed by atoms with Crippen LogP contribution in [0.1, 0.15) is 46.5 Å². The van der Waals surface area contributed by atoms with E-state index in [1.807, 2.05) is 36.4 Å². The Kier molecular flexibility index (Phi) is 5.02. The van der Waals surface area contributed by atoms with Crippen molar-refractivity contribution in [3.63, 3.8) is 0 Å². The van der Waals surface area contributed by atoms with Gasteiger partial charge in [0.1, 0.15) is 9.30 Å². The molecule has 4 heterocycles. The molecule has 7 nitrogen and oxygen atoms in total. The molecule has 0 aromatic carbocycles. The number of aromatic nitrogens is 3. The third-order valence-corrected chi connectivity index (χ3v) is 7.16. The largest absolute Gasteiger partial charge is 0.444 e. The molecule has 4 rings (SSSR count). The highest BCUT2D eigenvalue weighted by molar-refractivity contribution is 14.1. The number of ether oxygens (including phenoxy) is 1. The van der Waals surface area contributed by atoms with Crippen LogP contribution in [0.4, 0.5) is 9.93 Å². The Morgan fingerprint density at radius 2 is 2.00 bits per heavy atom. The molecule has 2 aromatic rings. The Morgan fingerprint density at radius 1 is 1.26 bits per heavy atom. The number of carbonyl (C=O) groups excluding carboxylic acids is 1. The van der Waals surface area contributed by atoms with Crippen molar-refractivity contribution < 1.29 is 9.53 Å². The van der Waals surface area contributed by atoms with Crippen LogP contribution in [0.15, 0.2) is 6.20 Å². The van der Waals surface area contributed by atoms with E-state index in [0.29, 0.717) is 0 Å². The number of anilines is 1. The van der Waals surface area contributed by atoms with E-state index in [4.69, 9.17) is 9.84 Å². The zero-order valence-corrected chi connectivity index (χ0v) is 19.0. The Labute approximate surface area is 177 Å². The van der Waals surface area contributed by atoms with E-state index in [9.17, 15) is 4.79 Å². The van der Waals surface area contributed by atoms with Crippen LogP contribution in [0.5, 0.6) is 0 Å². The number of piperidine rings is 2. The van der Waals surface area contributed by atoms with E-state index in [0.717, 1.165) is 52.8 Å². The first-order valence-corrected chi connectivity index (χ1v) is 11.4. The molecule has 27 heavy (non-hydrogen) atoms. The summed E-state index contributed by atoms with van der Waals surface area (Å²) in [4.78, 5) is 22.0. The van der Waals surface area contributed by atoms with E-state index < -0.39 is 5.60 Å². The highest BCUT2D eigenvalue weighted by Gasteiger charge is 2.40. The van der Waals surface area contributed by atoms with Crippen LogP contribution in [0.25, 0.3) is 4.96 Å². The van der Waals surface area contributed by atoms with Crippen LogP contribution < -0.4 is 4.90 Å². The predicted octanol–water partition coefficient (Wildman–Crippen LogP) is 4.01. The summed E-state index contributed by atoms with van der Waals surface area (Å²) in [6.07, 6.45) is 6.14. The summed E-state index contributed by atoms with van der Waals surface area (Å²) < 4.78 is 8.50. The zero-order valence-electron chi connectivity index (χ0n) is 16.1. The molecule has 0 bridgehead atoms. The van der Waals surface area contributed by atoms with Crippen molar-refractivity contribution in [1.82, 2.24) is 19.5 Å². The van der Waals surface area contributed by atoms with E-state index in [2.05, 4.69) is 32.5 Å². The Balaban J connectivity index is 1.42. The number of carbonyl (C=O) groups is 1. The standard InChI is InChI=1S/C18H26IN5O2S/c1-17(2,3)26-16(25)22-9-6-18(7-10-22)5-4-8-23(12-18)15-21-24-13(19)11-20-14(24)27-15/h11H,4-10,12H2,1-3H3. The van der Waals surface area contributed by atoms with Crippen LogP contribution in [-0.4, -0.2) is 57.4 Å². The predicted molar refractivity (Wildman–Crippen MR) is 115 cm³/mol. The second-order valence-corrected chi connectivity index (χ2v) is 10.7. The minimum Gasteiger partial charge on any atom is -0.444 e. The molecule has 0 radical (unpaired) electrons. The summed E-state index contributed by atoms with van der Waals surface area (Å²) >= 11 is 3.93. The Bertz CT molecular complexity index is 835. The lowest BCUT2D eigenvalue weighted by Gasteiger charge is -2.47. The molecule has 2 aliphatic heterocycles. The monoisotopic (exact) mass is 503 g/mol. The lowest BCUT2D eigenvalue weighted by atomic mass is 9.72. The molecule has 148 valence electrons. The lowest BCUT2D eigenvalue weighted by Crippen LogP contribution is -2.51. The van der Waals surface area contributed by atoms with Gasteiger partial charge in [-0.2, -0.15) is 4.52 Å². The first kappa shape index (κ1) is 19.2. The highest BCUT2D eigenvalue weighted by Crippen LogP contribution is 2.42. The molecule has 2 aromatic heterocycles. The highest BCUT2D eigenvalue weighted by atomic mass is 127. The first-order valence-electron chi connectivity index (χ1n) is 9.48. The Hall–Kier alpha value is -1.10. The maximum absolute atomic E-state index is 12.3. The number of likely N-dealkylation sites (tertiary alicyclic amines) is 1. The molecule has 0 unspecified atom stereocenters. The van der Waals surface area contributed by atoms with Gasteiger partial charge in [-0.15, -0.1) is 5.10 Å². The summed E-state index contributed by atoms with van der Waals surface area (Å²) in [5.74, 6) is 0. The number of rotatable bonds is 1. The molecule has 1 amide bonds. The number of hydrogen-bond donors (Lipinski definition) is 0. The fraction of sp³-hybridized carbons (Fsp3) is 0.722. The van der Waals surface area contributed by atoms with Crippen molar-refractivity contribution in [1.29, 1.82) is 0 Å². The second kappa shape index (κ2) is 7.06. The first-order chi connectivity index (χ1) is 12.7. The molecule has 0 N–H and O–H groups in total. The summed E-state index contributed by atoms with van der Waals surface area (Å²) in [6, 6.07) is 0. The number of amides is 1. The molecule has 2 fully saturated rings. The maximum Gasteiger partial charge on any atom is 0.410 e. The fourth-order valence-electron chi connectivity index (χ4n) is 4.05. The number of hydrogen-bond acceptors (Lipinski definition) is 6. The lowest BCUT2D eigenvalue weighted by molar-refractivity contribution is 0.00816. The van der Waals surface area contributed by atoms with E-state index in [-0.39, 0.29) is 11.5 Å². The average molecular weight is 503 g/mol. The van der Waals surface area contributed by atoms with Gasteiger partial charge in [0.05, 0.1) is 6.20 Å². The van der Waals surface area contributed by atoms with Gasteiger partial charge in [0.25, 0.3) is 0 Å². The molecule has 0 saturated carbocycles. The van der Waals surface area contributed by atoms with Gasteiger partial charge in [0.2, 0.25) is 10.1 Å². The molecule has 2 aliphatic rings. The van der Waals surface area contributed by atoms with Gasteiger partial charge in [-0.1, -0.05) is 11.3 Å². The number of nitrogens with zero attached hydrogens (tertiary/aromatic N) is 5. The minimum absolute atomic E-state index is 0.180. The van der Waals surface area contributed by atoms with Gasteiger partial charge >= 0.3 is 6.09 Å². The molecule has 2 saturated heterocycles. The normalized spacial score (nSPS) is 20.4. The number of halogens is 1. The topological polar surface area (TPSA) is 63.0 Å². The van der Waals surface area contributed by atoms with Crippen molar-refractivity contribution >= 4 is 50.1 Å². The van der Waals surface area contributed by atoms with Crippen LogP contribution in [0, 0.1) is 9.12 Å². The van der Waals surface area contributed by atoms with Gasteiger partial charge in [-0.25, -0.2) is 9.78 Å². The summed E-state index contributed by atoms with van der Waals surface area (Å²) in [5, 5.41) is 5.82. The molecule has 9 heteroatoms. The van der Waals surface area contributed by atoms with Crippen LogP contribution in [0.2, 0.25) is 0 Å². The summed E-state index contributed by atoms with van der Waals surface area (Å²) in [7, 11) is 0. The fourth-order valence-corrected chi connectivity index (χ4v) is 5.60. The third-order valence-electron chi connectivity index (χ3n) is 5.44. The van der Waals surface area contributed by atoms with Crippen molar-refractivity contribution in [2.24, 2.45) is 5.41 Å². The van der Waals surface area contributed by atoms with Crippen molar-refractivity contribution in [2.45, 2.75) is 52.1 Å². The van der Waals surface area contributed by atoms with Crippen LogP contribution >= 0.6 is 33.9 Å².